The van der Waals surface area contributed by atoms with E-state index in [4.69, 9.17) is 8.83 Å². The third kappa shape index (κ3) is 7.16. The molecule has 0 aliphatic rings. The van der Waals surface area contributed by atoms with Gasteiger partial charge in [0, 0.05) is 73.1 Å². The van der Waals surface area contributed by atoms with E-state index in [9.17, 15) is 0 Å². The van der Waals surface area contributed by atoms with Crippen LogP contribution in [0.25, 0.3) is 98.8 Å². The summed E-state index contributed by atoms with van der Waals surface area (Å²) in [5, 5.41) is 9.10. The first kappa shape index (κ1) is 41.3. The molecule has 4 nitrogen and oxygen atoms in total. The minimum absolute atomic E-state index is 0.840. The lowest BCUT2D eigenvalue weighted by atomic mass is 9.99. The van der Waals surface area contributed by atoms with Gasteiger partial charge < -0.3 is 18.6 Å². The largest absolute Gasteiger partial charge is 0.456 e. The summed E-state index contributed by atoms with van der Waals surface area (Å²) >= 11 is 0. The van der Waals surface area contributed by atoms with Crippen LogP contribution in [0.2, 0.25) is 0 Å². The number of hydrogen-bond acceptors (Lipinski definition) is 4. The van der Waals surface area contributed by atoms with E-state index in [-0.39, 0.29) is 0 Å². The van der Waals surface area contributed by atoms with Crippen molar-refractivity contribution >= 4 is 99.5 Å². The van der Waals surface area contributed by atoms with Crippen LogP contribution in [0, 0.1) is 0 Å². The van der Waals surface area contributed by atoms with Crippen LogP contribution in [0.3, 0.4) is 0 Å². The summed E-state index contributed by atoms with van der Waals surface area (Å²) in [5.41, 5.74) is 16.4. The van der Waals surface area contributed by atoms with Crippen LogP contribution in [-0.4, -0.2) is 0 Å². The number of anilines is 6. The van der Waals surface area contributed by atoms with Gasteiger partial charge in [-0.15, -0.1) is 0 Å². The van der Waals surface area contributed by atoms with Crippen LogP contribution in [0.15, 0.2) is 276 Å². The van der Waals surface area contributed by atoms with Gasteiger partial charge in [-0.1, -0.05) is 170 Å². The van der Waals surface area contributed by atoms with E-state index >= 15 is 0 Å². The highest BCUT2D eigenvalue weighted by molar-refractivity contribution is 6.15. The molecule has 0 unspecified atom stereocenters. The number of furan rings is 2. The smallest absolute Gasteiger partial charge is 0.143 e. The number of hydrogen-bond donors (Lipinski definition) is 0. The average molecular weight is 921 g/mol. The Labute approximate surface area is 416 Å². The van der Waals surface area contributed by atoms with Crippen molar-refractivity contribution in [1.82, 2.24) is 0 Å². The molecular weight excluding hydrogens is 877 g/mol. The molecule has 72 heavy (non-hydrogen) atoms. The molecular formula is C68H44N2O2. The predicted octanol–water partition coefficient (Wildman–Crippen LogP) is 19.7. The molecule has 14 rings (SSSR count). The monoisotopic (exact) mass is 920 g/mol. The van der Waals surface area contributed by atoms with Gasteiger partial charge in [0.1, 0.15) is 22.3 Å². The maximum atomic E-state index is 6.81. The summed E-state index contributed by atoms with van der Waals surface area (Å²) in [7, 11) is 0. The Morgan fingerprint density at radius 2 is 0.750 bits per heavy atom. The first-order valence-corrected chi connectivity index (χ1v) is 24.5. The molecule has 0 spiro atoms. The number of nitrogens with zero attached hydrogens (tertiary/aromatic N) is 2. The van der Waals surface area contributed by atoms with Gasteiger partial charge in [0.15, 0.2) is 0 Å². The van der Waals surface area contributed by atoms with Crippen LogP contribution in [0.1, 0.15) is 0 Å². The molecule has 0 bridgehead atoms. The van der Waals surface area contributed by atoms with Gasteiger partial charge in [-0.3, -0.25) is 0 Å². The van der Waals surface area contributed by atoms with Crippen molar-refractivity contribution in [3.05, 3.63) is 267 Å². The van der Waals surface area contributed by atoms with Gasteiger partial charge in [0.2, 0.25) is 0 Å². The van der Waals surface area contributed by atoms with Crippen LogP contribution >= 0.6 is 0 Å². The first-order valence-electron chi connectivity index (χ1n) is 24.5. The fourth-order valence-electron chi connectivity index (χ4n) is 10.7. The second kappa shape index (κ2) is 17.1. The van der Waals surface area contributed by atoms with Crippen LogP contribution in [0.4, 0.5) is 34.1 Å². The zero-order valence-corrected chi connectivity index (χ0v) is 39.1. The molecule has 0 saturated carbocycles. The Morgan fingerprint density at radius 3 is 1.57 bits per heavy atom. The Kier molecular flexibility index (Phi) is 9.82. The van der Waals surface area contributed by atoms with Crippen LogP contribution < -0.4 is 9.80 Å². The highest BCUT2D eigenvalue weighted by Crippen LogP contribution is 2.46. The predicted molar refractivity (Wildman–Crippen MR) is 302 cm³/mol. The molecule has 14 aromatic rings. The number of rotatable bonds is 9. The van der Waals surface area contributed by atoms with Gasteiger partial charge in [-0.25, -0.2) is 0 Å². The third-order valence-corrected chi connectivity index (χ3v) is 14.2. The second-order valence-electron chi connectivity index (χ2n) is 18.5. The Bertz CT molecular complexity index is 4360. The SMILES string of the molecule is c1ccc(-c2ccc(N(c3ccc4c(c3)oc3c5ccccc5ccc43)c3ccccc3-c3cccc(N(c4cccc(-c5ccc6ccccc6c5)c4)c4ccc5c(c4)oc4ccccc45)c3)cc2)cc1. The molecule has 0 aliphatic carbocycles. The topological polar surface area (TPSA) is 32.8 Å². The zero-order valence-electron chi connectivity index (χ0n) is 39.1. The standard InChI is InChI=1S/C68H44N2O2/c1-2-14-45(15-3-1)47-30-33-53(34-31-47)70(57-36-39-62-63-37-32-48-17-6-7-24-59(48)68(63)72-67(62)44-57)64-26-10-8-23-58(64)52-20-13-22-55(42-52)69(56-35-38-61-60-25-9-11-27-65(60)71-66(61)43-56)54-21-12-19-50(41-54)51-29-28-46-16-4-5-18-49(46)40-51/h1-44H. The van der Waals surface area contributed by atoms with E-state index in [1.807, 2.05) is 12.1 Å². The van der Waals surface area contributed by atoms with Gasteiger partial charge in [-0.05, 0) is 129 Å². The van der Waals surface area contributed by atoms with Gasteiger partial charge >= 0.3 is 0 Å². The molecule has 0 atom stereocenters. The van der Waals surface area contributed by atoms with Crippen molar-refractivity contribution in [3.63, 3.8) is 0 Å². The Balaban J connectivity index is 0.927. The molecule has 4 heteroatoms. The van der Waals surface area contributed by atoms with Crippen molar-refractivity contribution in [2.75, 3.05) is 9.80 Å². The van der Waals surface area contributed by atoms with Crippen molar-refractivity contribution in [1.29, 1.82) is 0 Å². The molecule has 12 aromatic carbocycles. The lowest BCUT2D eigenvalue weighted by molar-refractivity contribution is 0.669. The molecule has 0 amide bonds. The molecule has 0 saturated heterocycles. The first-order chi connectivity index (χ1) is 35.7. The summed E-state index contributed by atoms with van der Waals surface area (Å²) in [6.45, 7) is 0. The summed E-state index contributed by atoms with van der Waals surface area (Å²) < 4.78 is 13.3. The molecule has 0 N–H and O–H groups in total. The third-order valence-electron chi connectivity index (χ3n) is 14.2. The zero-order chi connectivity index (χ0) is 47.5. The van der Waals surface area contributed by atoms with Crippen LogP contribution in [-0.2, 0) is 0 Å². The quantitative estimate of drug-likeness (QED) is 0.144. The fourth-order valence-corrected chi connectivity index (χ4v) is 10.7. The average Bonchev–Trinajstić information content (AvgIpc) is 4.02. The fraction of sp³-hybridized carbons (Fsp3) is 0. The van der Waals surface area contributed by atoms with E-state index in [1.54, 1.807) is 0 Å². The molecule has 2 aromatic heterocycles. The van der Waals surface area contributed by atoms with E-state index in [0.29, 0.717) is 0 Å². The molecule has 0 aliphatic heterocycles. The number of para-hydroxylation sites is 2. The van der Waals surface area contributed by atoms with Gasteiger partial charge in [0.25, 0.3) is 0 Å². The number of fused-ring (bicyclic) bond motifs is 9. The summed E-state index contributed by atoms with van der Waals surface area (Å²) in [6.07, 6.45) is 0. The summed E-state index contributed by atoms with van der Waals surface area (Å²) in [4.78, 5) is 4.71. The maximum absolute atomic E-state index is 6.81. The van der Waals surface area contributed by atoms with Crippen molar-refractivity contribution in [3.8, 4) is 33.4 Å². The summed E-state index contributed by atoms with van der Waals surface area (Å²) in [5.74, 6) is 0. The minimum Gasteiger partial charge on any atom is -0.456 e. The Hall–Kier alpha value is -9.64. The highest BCUT2D eigenvalue weighted by atomic mass is 16.3. The van der Waals surface area contributed by atoms with Crippen molar-refractivity contribution in [2.24, 2.45) is 0 Å². The van der Waals surface area contributed by atoms with Gasteiger partial charge in [0.05, 0.1) is 5.69 Å². The lowest BCUT2D eigenvalue weighted by Gasteiger charge is -2.29. The van der Waals surface area contributed by atoms with E-state index in [1.165, 1.54) is 16.3 Å². The van der Waals surface area contributed by atoms with Crippen molar-refractivity contribution < 1.29 is 8.83 Å². The normalized spacial score (nSPS) is 11.6. The van der Waals surface area contributed by atoms with Gasteiger partial charge in [-0.2, -0.15) is 0 Å². The van der Waals surface area contributed by atoms with Crippen molar-refractivity contribution in [2.45, 2.75) is 0 Å². The lowest BCUT2D eigenvalue weighted by Crippen LogP contribution is -2.12. The number of benzene rings is 12. The Morgan fingerprint density at radius 1 is 0.236 bits per heavy atom. The molecule has 338 valence electrons. The van der Waals surface area contributed by atoms with E-state index in [2.05, 4.69) is 265 Å². The van der Waals surface area contributed by atoms with E-state index < -0.39 is 0 Å². The highest BCUT2D eigenvalue weighted by Gasteiger charge is 2.22. The maximum Gasteiger partial charge on any atom is 0.143 e. The molecule has 0 fully saturated rings. The minimum atomic E-state index is 0.840. The van der Waals surface area contributed by atoms with E-state index in [0.717, 1.165) is 117 Å². The molecule has 0 radical (unpaired) electrons. The summed E-state index contributed by atoms with van der Waals surface area (Å²) in [6, 6.07) is 95.5. The second-order valence-corrected chi connectivity index (χ2v) is 18.5. The molecule has 2 heterocycles. The van der Waals surface area contributed by atoms with Crippen LogP contribution in [0.5, 0.6) is 0 Å².